The summed E-state index contributed by atoms with van der Waals surface area (Å²) in [6.45, 7) is 0. The van der Waals surface area contributed by atoms with E-state index < -0.39 is 23.9 Å². The number of aromatic carboxylic acids is 2. The van der Waals surface area contributed by atoms with Gasteiger partial charge in [-0.3, -0.25) is 0 Å². The van der Waals surface area contributed by atoms with Crippen molar-refractivity contribution in [1.29, 1.82) is 0 Å². The first kappa shape index (κ1) is 18.7. The fourth-order valence-corrected chi connectivity index (χ4v) is 2.47. The van der Waals surface area contributed by atoms with Gasteiger partial charge in [0.05, 0.1) is 36.5 Å². The smallest absolute Gasteiger partial charge is 0.339 e. The van der Waals surface area contributed by atoms with Crippen LogP contribution in [0.4, 0.5) is 0 Å². The lowest BCUT2D eigenvalue weighted by molar-refractivity contribution is 0.0581. The van der Waals surface area contributed by atoms with E-state index in [1.807, 2.05) is 0 Å². The van der Waals surface area contributed by atoms with Gasteiger partial charge in [0.1, 0.15) is 0 Å². The van der Waals surface area contributed by atoms with Crippen molar-refractivity contribution >= 4 is 23.9 Å². The number of carboxylic acid groups (broad SMARTS) is 2. The predicted octanol–water partition coefficient (Wildman–Crippen LogP) is 2.32. The second-order valence-electron chi connectivity index (χ2n) is 5.08. The molecule has 8 heteroatoms. The third-order valence-corrected chi connectivity index (χ3v) is 3.65. The van der Waals surface area contributed by atoms with Crippen molar-refractivity contribution in [2.24, 2.45) is 0 Å². The molecular weight excluding hydrogens is 344 g/mol. The van der Waals surface area contributed by atoms with Gasteiger partial charge in [-0.05, 0) is 29.3 Å². The normalized spacial score (nSPS) is 10.1. The van der Waals surface area contributed by atoms with Crippen LogP contribution in [0.15, 0.2) is 36.4 Å². The number of rotatable bonds is 5. The Morgan fingerprint density at radius 1 is 0.769 bits per heavy atom. The van der Waals surface area contributed by atoms with Crippen molar-refractivity contribution in [2.45, 2.75) is 0 Å². The summed E-state index contributed by atoms with van der Waals surface area (Å²) in [7, 11) is 2.21. The summed E-state index contributed by atoms with van der Waals surface area (Å²) in [6, 6.07) is 7.90. The summed E-state index contributed by atoms with van der Waals surface area (Å²) >= 11 is 0. The topological polar surface area (TPSA) is 127 Å². The minimum Gasteiger partial charge on any atom is -0.478 e. The zero-order chi connectivity index (χ0) is 19.4. The predicted molar refractivity (Wildman–Crippen MR) is 88.5 cm³/mol. The molecule has 8 nitrogen and oxygen atoms in total. The minimum atomic E-state index is -1.33. The summed E-state index contributed by atoms with van der Waals surface area (Å²) in [4.78, 5) is 46.7. The molecule has 0 aromatic heterocycles. The highest BCUT2D eigenvalue weighted by Crippen LogP contribution is 2.29. The Labute approximate surface area is 147 Å². The number of methoxy groups -OCH3 is 2. The first-order chi connectivity index (χ1) is 12.3. The van der Waals surface area contributed by atoms with E-state index in [2.05, 4.69) is 9.47 Å². The molecule has 2 aromatic rings. The Bertz CT molecular complexity index is 913. The number of esters is 2. The van der Waals surface area contributed by atoms with Crippen LogP contribution in [0.2, 0.25) is 0 Å². The Morgan fingerprint density at radius 2 is 1.38 bits per heavy atom. The molecule has 0 aliphatic carbocycles. The lowest BCUT2D eigenvalue weighted by Gasteiger charge is -2.13. The van der Waals surface area contributed by atoms with E-state index in [0.717, 1.165) is 14.2 Å². The molecule has 2 rings (SSSR count). The molecular formula is C18H14O8. The maximum absolute atomic E-state index is 12.1. The molecule has 0 heterocycles. The molecule has 0 amide bonds. The highest BCUT2D eigenvalue weighted by atomic mass is 16.5. The van der Waals surface area contributed by atoms with Gasteiger partial charge in [-0.25, -0.2) is 19.2 Å². The van der Waals surface area contributed by atoms with Crippen LogP contribution in [0.25, 0.3) is 11.1 Å². The Morgan fingerprint density at radius 3 is 1.92 bits per heavy atom. The first-order valence-electron chi connectivity index (χ1n) is 7.22. The van der Waals surface area contributed by atoms with Gasteiger partial charge in [0, 0.05) is 0 Å². The van der Waals surface area contributed by atoms with E-state index in [1.54, 1.807) is 0 Å². The van der Waals surface area contributed by atoms with Crippen LogP contribution in [-0.4, -0.2) is 48.3 Å². The van der Waals surface area contributed by atoms with Crippen molar-refractivity contribution in [3.8, 4) is 11.1 Å². The van der Waals surface area contributed by atoms with E-state index in [-0.39, 0.29) is 33.4 Å². The van der Waals surface area contributed by atoms with E-state index in [1.165, 1.54) is 36.4 Å². The van der Waals surface area contributed by atoms with Crippen molar-refractivity contribution in [1.82, 2.24) is 0 Å². The zero-order valence-corrected chi connectivity index (χ0v) is 13.8. The minimum absolute atomic E-state index is 0.179. The second kappa shape index (κ2) is 7.47. The number of carbonyl (C=O) groups excluding carboxylic acids is 2. The molecule has 0 unspecified atom stereocenters. The summed E-state index contributed by atoms with van der Waals surface area (Å²) in [5, 5.41) is 18.5. The molecule has 0 saturated heterocycles. The van der Waals surface area contributed by atoms with E-state index in [4.69, 9.17) is 0 Å². The average molecular weight is 358 g/mol. The van der Waals surface area contributed by atoms with Gasteiger partial charge >= 0.3 is 23.9 Å². The summed E-state index contributed by atoms with van der Waals surface area (Å²) < 4.78 is 9.25. The van der Waals surface area contributed by atoms with Crippen LogP contribution in [0.1, 0.15) is 41.4 Å². The van der Waals surface area contributed by atoms with Crippen LogP contribution in [0, 0.1) is 0 Å². The maximum Gasteiger partial charge on any atom is 0.339 e. The van der Waals surface area contributed by atoms with Gasteiger partial charge in [0.25, 0.3) is 0 Å². The highest BCUT2D eigenvalue weighted by Gasteiger charge is 2.24. The number of ether oxygens (including phenoxy) is 2. The van der Waals surface area contributed by atoms with Gasteiger partial charge in [-0.15, -0.1) is 0 Å². The van der Waals surface area contributed by atoms with E-state index >= 15 is 0 Å². The fraction of sp³-hybridized carbons (Fsp3) is 0.111. The molecule has 134 valence electrons. The quantitative estimate of drug-likeness (QED) is 0.780. The van der Waals surface area contributed by atoms with Crippen LogP contribution in [-0.2, 0) is 9.47 Å². The molecule has 26 heavy (non-hydrogen) atoms. The molecule has 0 fully saturated rings. The third kappa shape index (κ3) is 3.39. The Kier molecular flexibility index (Phi) is 5.36. The van der Waals surface area contributed by atoms with E-state index in [9.17, 15) is 29.4 Å². The van der Waals surface area contributed by atoms with Crippen molar-refractivity contribution in [3.63, 3.8) is 0 Å². The lowest BCUT2D eigenvalue weighted by atomic mass is 9.93. The van der Waals surface area contributed by atoms with Crippen LogP contribution < -0.4 is 0 Å². The molecule has 0 aliphatic rings. The molecule has 0 bridgehead atoms. The first-order valence-corrected chi connectivity index (χ1v) is 7.22. The van der Waals surface area contributed by atoms with Crippen LogP contribution in [0.5, 0.6) is 0 Å². The zero-order valence-electron chi connectivity index (χ0n) is 13.8. The molecule has 2 N–H and O–H groups in total. The molecule has 0 aliphatic heterocycles. The fourth-order valence-electron chi connectivity index (χ4n) is 2.47. The lowest BCUT2D eigenvalue weighted by Crippen LogP contribution is -2.13. The third-order valence-electron chi connectivity index (χ3n) is 3.65. The number of benzene rings is 2. The number of hydrogen-bond donors (Lipinski definition) is 2. The second-order valence-corrected chi connectivity index (χ2v) is 5.08. The molecule has 0 spiro atoms. The van der Waals surface area contributed by atoms with Gasteiger partial charge < -0.3 is 19.7 Å². The number of hydrogen-bond acceptors (Lipinski definition) is 6. The van der Waals surface area contributed by atoms with Crippen LogP contribution in [0.3, 0.4) is 0 Å². The molecule has 2 aromatic carbocycles. The molecule has 0 saturated carbocycles. The van der Waals surface area contributed by atoms with E-state index in [0.29, 0.717) is 0 Å². The average Bonchev–Trinajstić information content (AvgIpc) is 2.65. The maximum atomic E-state index is 12.1. The Balaban J connectivity index is 2.78. The SMILES string of the molecule is COC(=O)c1cc(-c2cccc(C(=O)O)c2C(=O)OC)ccc1C(=O)O. The number of carbonyl (C=O) groups is 4. The molecule has 0 radical (unpaired) electrons. The van der Waals surface area contributed by atoms with Crippen molar-refractivity contribution < 1.29 is 38.9 Å². The highest BCUT2D eigenvalue weighted by molar-refractivity contribution is 6.08. The van der Waals surface area contributed by atoms with Crippen molar-refractivity contribution in [2.75, 3.05) is 14.2 Å². The standard InChI is InChI=1S/C18H14O8/c1-25-17(23)13-8-9(6-7-11(13)15(19)20)10-4-3-5-12(16(21)22)14(10)18(24)26-2/h3-8H,1-2H3,(H,19,20)(H,21,22). The summed E-state index contributed by atoms with van der Waals surface area (Å²) in [6.07, 6.45) is 0. The van der Waals surface area contributed by atoms with Gasteiger partial charge in [-0.1, -0.05) is 18.2 Å². The number of carboxylic acids is 2. The monoisotopic (exact) mass is 358 g/mol. The van der Waals surface area contributed by atoms with Gasteiger partial charge in [0.15, 0.2) is 0 Å². The summed E-state index contributed by atoms with van der Waals surface area (Å²) in [5.74, 6) is -4.41. The largest absolute Gasteiger partial charge is 0.478 e. The van der Waals surface area contributed by atoms with Gasteiger partial charge in [-0.2, -0.15) is 0 Å². The molecule has 0 atom stereocenters. The van der Waals surface area contributed by atoms with Gasteiger partial charge in [0.2, 0.25) is 0 Å². The Hall–Kier alpha value is -3.68. The van der Waals surface area contributed by atoms with Crippen LogP contribution >= 0.6 is 0 Å². The summed E-state index contributed by atoms with van der Waals surface area (Å²) in [5.41, 5.74) is -0.556. The van der Waals surface area contributed by atoms with Crippen molar-refractivity contribution in [3.05, 3.63) is 58.7 Å².